The quantitative estimate of drug-likeness (QED) is 0.792. The van der Waals surface area contributed by atoms with Crippen LogP contribution in [-0.4, -0.2) is 22.5 Å². The third kappa shape index (κ3) is 3.18. The maximum Gasteiger partial charge on any atom is 0.240 e. The molecule has 0 fully saturated rings. The lowest BCUT2D eigenvalue weighted by molar-refractivity contribution is -0.125. The van der Waals surface area contributed by atoms with Gasteiger partial charge in [0.15, 0.2) is 0 Å². The third-order valence-corrected chi connectivity index (χ3v) is 4.52. The average molecular weight is 308 g/mol. The lowest BCUT2D eigenvalue weighted by atomic mass is 9.80. The van der Waals surface area contributed by atoms with Gasteiger partial charge in [0.25, 0.3) is 0 Å². The number of thiocarbonyl (C=S) groups is 1. The van der Waals surface area contributed by atoms with Gasteiger partial charge in [0.05, 0.1) is 16.1 Å². The molecule has 0 bridgehead atoms. The Balaban J connectivity index is 3.35. The van der Waals surface area contributed by atoms with Gasteiger partial charge in [-0.25, -0.2) is 0 Å². The van der Waals surface area contributed by atoms with Crippen LogP contribution >= 0.6 is 12.2 Å². The molecular weight excluding hydrogens is 284 g/mol. The smallest absolute Gasteiger partial charge is 0.240 e. The number of rotatable bonds is 6. The minimum atomic E-state index is -0.830. The summed E-state index contributed by atoms with van der Waals surface area (Å²) in [6, 6.07) is 5.00. The molecule has 0 aliphatic rings. The van der Waals surface area contributed by atoms with E-state index in [1.54, 1.807) is 23.1 Å². The molecule has 0 unspecified atom stereocenters. The summed E-state index contributed by atoms with van der Waals surface area (Å²) in [6.45, 7) is 8.14. The van der Waals surface area contributed by atoms with Crippen LogP contribution in [0.2, 0.25) is 0 Å². The van der Waals surface area contributed by atoms with Crippen LogP contribution < -0.4 is 10.6 Å². The van der Waals surface area contributed by atoms with Crippen molar-refractivity contribution in [3.8, 4) is 5.75 Å². The Bertz CT molecular complexity index is 539. The second-order valence-corrected chi connectivity index (χ2v) is 5.61. The van der Waals surface area contributed by atoms with E-state index in [1.807, 2.05) is 27.7 Å². The maximum absolute atomic E-state index is 13.0. The molecule has 3 N–H and O–H groups in total. The maximum atomic E-state index is 13.0. The van der Waals surface area contributed by atoms with E-state index >= 15 is 0 Å². The molecule has 116 valence electrons. The Kier molecular flexibility index (Phi) is 5.72. The normalized spacial score (nSPS) is 11.2. The van der Waals surface area contributed by atoms with Gasteiger partial charge in [0, 0.05) is 12.6 Å². The van der Waals surface area contributed by atoms with Crippen molar-refractivity contribution in [3.63, 3.8) is 0 Å². The van der Waals surface area contributed by atoms with E-state index in [0.717, 1.165) is 5.56 Å². The van der Waals surface area contributed by atoms with Gasteiger partial charge in [-0.15, -0.1) is 0 Å². The second-order valence-electron chi connectivity index (χ2n) is 5.17. The Labute approximate surface area is 131 Å². The van der Waals surface area contributed by atoms with Crippen molar-refractivity contribution in [1.29, 1.82) is 0 Å². The minimum absolute atomic E-state index is 0.101. The predicted octanol–water partition coefficient (Wildman–Crippen LogP) is 3.15. The van der Waals surface area contributed by atoms with Crippen molar-refractivity contribution in [3.05, 3.63) is 23.8 Å². The second kappa shape index (κ2) is 6.89. The van der Waals surface area contributed by atoms with E-state index in [9.17, 15) is 9.90 Å². The zero-order valence-corrected chi connectivity index (χ0v) is 14.0. The van der Waals surface area contributed by atoms with E-state index in [-0.39, 0.29) is 16.6 Å². The van der Waals surface area contributed by atoms with Crippen molar-refractivity contribution in [2.24, 2.45) is 11.1 Å². The lowest BCUT2D eigenvalue weighted by Gasteiger charge is -2.35. The number of benzene rings is 1. The van der Waals surface area contributed by atoms with E-state index < -0.39 is 5.41 Å². The highest BCUT2D eigenvalue weighted by molar-refractivity contribution is 7.80. The molecule has 0 aliphatic heterocycles. The van der Waals surface area contributed by atoms with Crippen LogP contribution in [0.4, 0.5) is 5.69 Å². The fourth-order valence-electron chi connectivity index (χ4n) is 2.58. The molecule has 0 spiro atoms. The van der Waals surface area contributed by atoms with Gasteiger partial charge in [-0.2, -0.15) is 0 Å². The highest BCUT2D eigenvalue weighted by Gasteiger charge is 2.41. The van der Waals surface area contributed by atoms with Crippen molar-refractivity contribution < 1.29 is 9.90 Å². The zero-order chi connectivity index (χ0) is 16.2. The number of carbonyl (C=O) groups is 1. The molecule has 0 aliphatic carbocycles. The highest BCUT2D eigenvalue weighted by Crippen LogP contribution is 2.34. The Morgan fingerprint density at radius 1 is 1.33 bits per heavy atom. The molecule has 5 heteroatoms. The van der Waals surface area contributed by atoms with Gasteiger partial charge >= 0.3 is 0 Å². The zero-order valence-electron chi connectivity index (χ0n) is 13.1. The number of nitrogens with zero attached hydrogens (tertiary/aromatic N) is 1. The topological polar surface area (TPSA) is 66.6 Å². The fourth-order valence-corrected chi connectivity index (χ4v) is 2.95. The first-order valence-corrected chi connectivity index (χ1v) is 7.66. The average Bonchev–Trinajstić information content (AvgIpc) is 2.45. The Hall–Kier alpha value is -1.62. The first kappa shape index (κ1) is 17.4. The number of nitrogens with two attached hydrogens (primary N) is 1. The van der Waals surface area contributed by atoms with Crippen LogP contribution in [0.1, 0.15) is 39.2 Å². The van der Waals surface area contributed by atoms with Gasteiger partial charge < -0.3 is 15.7 Å². The van der Waals surface area contributed by atoms with Crippen LogP contribution in [0.3, 0.4) is 0 Å². The van der Waals surface area contributed by atoms with Crippen LogP contribution in [-0.2, 0) is 4.79 Å². The molecule has 1 amide bonds. The van der Waals surface area contributed by atoms with Gasteiger partial charge in [-0.1, -0.05) is 32.1 Å². The number of phenols is 1. The number of carbonyl (C=O) groups excluding carboxylic acids is 1. The molecule has 0 saturated heterocycles. The Morgan fingerprint density at radius 3 is 2.33 bits per heavy atom. The standard InChI is InChI=1S/C16H24N2O2S/c1-5-16(6-2,14(17)21)15(20)18(7-3)13-10-12(19)9-8-11(13)4/h8-10,19H,5-7H2,1-4H3,(H2,17,21). The summed E-state index contributed by atoms with van der Waals surface area (Å²) < 4.78 is 0. The molecule has 0 heterocycles. The predicted molar refractivity (Wildman–Crippen MR) is 90.7 cm³/mol. The summed E-state index contributed by atoms with van der Waals surface area (Å²) in [4.78, 5) is 14.9. The summed E-state index contributed by atoms with van der Waals surface area (Å²) >= 11 is 5.16. The van der Waals surface area contributed by atoms with Crippen LogP contribution in [0.5, 0.6) is 5.75 Å². The molecule has 0 aromatic heterocycles. The molecule has 0 saturated carbocycles. The van der Waals surface area contributed by atoms with E-state index in [1.165, 1.54) is 0 Å². The van der Waals surface area contributed by atoms with Gasteiger partial charge in [0.1, 0.15) is 5.75 Å². The molecule has 1 aromatic rings. The summed E-state index contributed by atoms with van der Waals surface area (Å²) in [6.07, 6.45) is 1.12. The molecule has 4 nitrogen and oxygen atoms in total. The largest absolute Gasteiger partial charge is 0.508 e. The van der Waals surface area contributed by atoms with Crippen LogP contribution in [0.25, 0.3) is 0 Å². The van der Waals surface area contributed by atoms with Crippen molar-refractivity contribution >= 4 is 28.8 Å². The monoisotopic (exact) mass is 308 g/mol. The number of aromatic hydroxyl groups is 1. The van der Waals surface area contributed by atoms with E-state index in [0.29, 0.717) is 25.1 Å². The van der Waals surface area contributed by atoms with Gasteiger partial charge in [0.2, 0.25) is 5.91 Å². The molecule has 0 radical (unpaired) electrons. The summed E-state index contributed by atoms with van der Waals surface area (Å²) in [7, 11) is 0. The number of anilines is 1. The summed E-state index contributed by atoms with van der Waals surface area (Å²) in [5, 5.41) is 9.70. The fraction of sp³-hybridized carbons (Fsp3) is 0.500. The highest BCUT2D eigenvalue weighted by atomic mass is 32.1. The number of phenolic OH excluding ortho intramolecular Hbond substituents is 1. The van der Waals surface area contributed by atoms with Gasteiger partial charge in [-0.3, -0.25) is 4.79 Å². The molecule has 21 heavy (non-hydrogen) atoms. The first-order chi connectivity index (χ1) is 9.83. The first-order valence-electron chi connectivity index (χ1n) is 7.25. The van der Waals surface area contributed by atoms with E-state index in [2.05, 4.69) is 0 Å². The van der Waals surface area contributed by atoms with E-state index in [4.69, 9.17) is 18.0 Å². The lowest BCUT2D eigenvalue weighted by Crippen LogP contribution is -2.50. The molecular formula is C16H24N2O2S. The number of hydrogen-bond acceptors (Lipinski definition) is 3. The minimum Gasteiger partial charge on any atom is -0.508 e. The van der Waals surface area contributed by atoms with Crippen molar-refractivity contribution in [1.82, 2.24) is 0 Å². The summed E-state index contributed by atoms with van der Waals surface area (Å²) in [5.74, 6) is 0.0342. The number of aryl methyl sites for hydroxylation is 1. The van der Waals surface area contributed by atoms with Crippen molar-refractivity contribution in [2.75, 3.05) is 11.4 Å². The van der Waals surface area contributed by atoms with Gasteiger partial charge in [-0.05, 0) is 38.3 Å². The number of hydrogen-bond donors (Lipinski definition) is 2. The Morgan fingerprint density at radius 2 is 1.90 bits per heavy atom. The third-order valence-electron chi connectivity index (χ3n) is 4.13. The number of amides is 1. The van der Waals surface area contributed by atoms with Crippen LogP contribution in [0.15, 0.2) is 18.2 Å². The molecule has 0 atom stereocenters. The summed E-state index contributed by atoms with van der Waals surface area (Å²) in [5.41, 5.74) is 6.66. The van der Waals surface area contributed by atoms with Crippen molar-refractivity contribution in [2.45, 2.75) is 40.5 Å². The molecule has 1 aromatic carbocycles. The SMILES string of the molecule is CCN(C(=O)C(CC)(CC)C(N)=S)c1cc(O)ccc1C. The molecule has 1 rings (SSSR count). The van der Waals surface area contributed by atoms with Crippen LogP contribution in [0, 0.1) is 12.3 Å².